The zero-order valence-electron chi connectivity index (χ0n) is 15.8. The van der Waals surface area contributed by atoms with E-state index in [1.807, 2.05) is 0 Å². The smallest absolute Gasteiger partial charge is 0.433 e. The number of aromatic nitrogens is 4. The van der Waals surface area contributed by atoms with Crippen molar-refractivity contribution < 1.29 is 22.7 Å². The second-order valence-corrected chi connectivity index (χ2v) is 6.38. The lowest BCUT2D eigenvalue weighted by Crippen LogP contribution is -2.34. The first-order valence-electron chi connectivity index (χ1n) is 8.27. The number of nitrogens with one attached hydrogen (secondary N) is 2. The van der Waals surface area contributed by atoms with Gasteiger partial charge in [0.15, 0.2) is 0 Å². The summed E-state index contributed by atoms with van der Waals surface area (Å²) in [5.41, 5.74) is 0.635. The lowest BCUT2D eigenvalue weighted by molar-refractivity contribution is -0.144. The Morgan fingerprint density at radius 2 is 2.00 bits per heavy atom. The number of amides is 2. The Hall–Kier alpha value is -2.72. The number of alkyl halides is 3. The second-order valence-electron chi connectivity index (χ2n) is 6.38. The van der Waals surface area contributed by atoms with Crippen LogP contribution in [0.1, 0.15) is 24.0 Å². The third kappa shape index (κ3) is 4.92. The van der Waals surface area contributed by atoms with Crippen molar-refractivity contribution in [2.24, 2.45) is 13.0 Å². The van der Waals surface area contributed by atoms with E-state index < -0.39 is 17.9 Å². The fourth-order valence-corrected chi connectivity index (χ4v) is 2.56. The van der Waals surface area contributed by atoms with E-state index in [9.17, 15) is 18.0 Å². The molecule has 0 spiro atoms. The molecule has 0 saturated carbocycles. The van der Waals surface area contributed by atoms with Crippen LogP contribution in [0.15, 0.2) is 6.07 Å². The monoisotopic (exact) mass is 388 g/mol. The molecule has 0 aromatic carbocycles. The topological polar surface area (TPSA) is 86.0 Å². The molecule has 2 rings (SSSR count). The SMILES string of the molecule is COc1nn(C)c(C)c1NC(=O)NC[C@@H](C)Cn1nc(C)cc1C(F)(F)F. The number of methoxy groups -OCH3 is 1. The van der Waals surface area contributed by atoms with E-state index in [2.05, 4.69) is 20.8 Å². The number of ether oxygens (including phenoxy) is 1. The van der Waals surface area contributed by atoms with E-state index in [4.69, 9.17) is 4.74 Å². The van der Waals surface area contributed by atoms with Crippen molar-refractivity contribution in [3.8, 4) is 5.88 Å². The Kier molecular flexibility index (Phi) is 6.01. The van der Waals surface area contributed by atoms with Crippen LogP contribution in [0, 0.1) is 19.8 Å². The molecule has 0 fully saturated rings. The molecule has 2 heterocycles. The van der Waals surface area contributed by atoms with E-state index in [1.165, 1.54) is 14.0 Å². The summed E-state index contributed by atoms with van der Waals surface area (Å²) < 4.78 is 46.7. The number of anilines is 1. The van der Waals surface area contributed by atoms with Crippen LogP contribution in [-0.2, 0) is 19.8 Å². The first kappa shape index (κ1) is 20.6. The van der Waals surface area contributed by atoms with E-state index in [1.54, 1.807) is 25.6 Å². The number of nitrogens with zero attached hydrogens (tertiary/aromatic N) is 4. The molecular weight excluding hydrogens is 365 g/mol. The summed E-state index contributed by atoms with van der Waals surface area (Å²) in [5, 5.41) is 13.3. The predicted octanol–water partition coefficient (Wildman–Crippen LogP) is 2.72. The maximum Gasteiger partial charge on any atom is 0.433 e. The number of carbonyl (C=O) groups excluding carboxylic acids is 1. The molecule has 2 aromatic heterocycles. The molecule has 2 amide bonds. The van der Waals surface area contributed by atoms with Gasteiger partial charge in [-0.15, -0.1) is 5.10 Å². The van der Waals surface area contributed by atoms with Gasteiger partial charge in [0.2, 0.25) is 0 Å². The van der Waals surface area contributed by atoms with E-state index >= 15 is 0 Å². The molecule has 8 nitrogen and oxygen atoms in total. The number of hydrogen-bond acceptors (Lipinski definition) is 4. The average Bonchev–Trinajstić information content (AvgIpc) is 3.07. The largest absolute Gasteiger partial charge is 0.478 e. The number of hydrogen-bond donors (Lipinski definition) is 2. The molecule has 150 valence electrons. The van der Waals surface area contributed by atoms with E-state index in [0.29, 0.717) is 17.1 Å². The summed E-state index contributed by atoms with van der Waals surface area (Å²) in [6.07, 6.45) is -4.47. The van der Waals surface area contributed by atoms with Crippen molar-refractivity contribution in [1.29, 1.82) is 0 Å². The molecule has 0 aliphatic carbocycles. The van der Waals surface area contributed by atoms with Crippen molar-refractivity contribution in [1.82, 2.24) is 24.9 Å². The predicted molar refractivity (Wildman–Crippen MR) is 92.6 cm³/mol. The van der Waals surface area contributed by atoms with Gasteiger partial charge < -0.3 is 15.4 Å². The normalized spacial score (nSPS) is 12.7. The standard InChI is InChI=1S/C16H23F3N6O2/c1-9(8-25-12(16(17,18)19)6-10(2)22-25)7-20-15(26)21-13-11(3)24(4)23-14(13)27-5/h6,9H,7-8H2,1-5H3,(H2,20,21,26)/t9-/m1/s1. The third-order valence-electron chi connectivity index (χ3n) is 4.02. The highest BCUT2D eigenvalue weighted by Crippen LogP contribution is 2.30. The van der Waals surface area contributed by atoms with Crippen LogP contribution in [0.4, 0.5) is 23.7 Å². The fourth-order valence-electron chi connectivity index (χ4n) is 2.56. The van der Waals surface area contributed by atoms with Crippen LogP contribution in [0.5, 0.6) is 5.88 Å². The highest BCUT2D eigenvalue weighted by atomic mass is 19.4. The minimum absolute atomic E-state index is 0.0260. The summed E-state index contributed by atoms with van der Waals surface area (Å²) in [7, 11) is 3.16. The van der Waals surface area contributed by atoms with Gasteiger partial charge in [0.1, 0.15) is 11.4 Å². The number of aryl methyl sites for hydroxylation is 2. The maximum atomic E-state index is 13.0. The first-order chi connectivity index (χ1) is 12.5. The van der Waals surface area contributed by atoms with Crippen molar-refractivity contribution >= 4 is 11.7 Å². The molecule has 0 aliphatic rings. The molecule has 0 aliphatic heterocycles. The minimum atomic E-state index is -4.47. The molecule has 27 heavy (non-hydrogen) atoms. The highest BCUT2D eigenvalue weighted by molar-refractivity contribution is 5.91. The van der Waals surface area contributed by atoms with Crippen LogP contribution in [-0.4, -0.2) is 39.2 Å². The summed E-state index contributed by atoms with van der Waals surface area (Å²) in [6.45, 7) is 5.20. The van der Waals surface area contributed by atoms with Gasteiger partial charge >= 0.3 is 12.2 Å². The van der Waals surface area contributed by atoms with Crippen molar-refractivity contribution in [3.05, 3.63) is 23.1 Å². The zero-order valence-corrected chi connectivity index (χ0v) is 15.8. The van der Waals surface area contributed by atoms with Gasteiger partial charge in [0.25, 0.3) is 5.88 Å². The van der Waals surface area contributed by atoms with Crippen LogP contribution < -0.4 is 15.4 Å². The second kappa shape index (κ2) is 7.89. The number of halogens is 3. The lowest BCUT2D eigenvalue weighted by Gasteiger charge is -2.16. The van der Waals surface area contributed by atoms with Gasteiger partial charge in [0, 0.05) is 20.1 Å². The molecule has 1 atom stereocenters. The number of urea groups is 1. The average molecular weight is 388 g/mol. The van der Waals surface area contributed by atoms with Crippen LogP contribution >= 0.6 is 0 Å². The Bertz CT molecular complexity index is 812. The minimum Gasteiger partial charge on any atom is -0.478 e. The third-order valence-corrected chi connectivity index (χ3v) is 4.02. The fraction of sp³-hybridized carbons (Fsp3) is 0.562. The molecule has 11 heteroatoms. The summed E-state index contributed by atoms with van der Waals surface area (Å²) in [4.78, 5) is 12.1. The summed E-state index contributed by atoms with van der Waals surface area (Å²) in [5.74, 6) is 0.00748. The molecule has 0 radical (unpaired) electrons. The van der Waals surface area contributed by atoms with Crippen molar-refractivity contribution in [2.75, 3.05) is 19.0 Å². The van der Waals surface area contributed by atoms with Crippen molar-refractivity contribution in [2.45, 2.75) is 33.5 Å². The molecule has 0 saturated heterocycles. The van der Waals surface area contributed by atoms with Crippen LogP contribution in [0.2, 0.25) is 0 Å². The van der Waals surface area contributed by atoms with Crippen molar-refractivity contribution in [3.63, 3.8) is 0 Å². The maximum absolute atomic E-state index is 13.0. The Morgan fingerprint density at radius 1 is 1.33 bits per heavy atom. The van der Waals surface area contributed by atoms with Gasteiger partial charge in [-0.05, 0) is 25.8 Å². The quantitative estimate of drug-likeness (QED) is 0.797. The first-order valence-corrected chi connectivity index (χ1v) is 8.27. The Morgan fingerprint density at radius 3 is 2.59 bits per heavy atom. The van der Waals surface area contributed by atoms with Gasteiger partial charge in [0.05, 0.1) is 18.5 Å². The number of rotatable bonds is 6. The molecular formula is C16H23F3N6O2. The van der Waals surface area contributed by atoms with Gasteiger partial charge in [-0.2, -0.15) is 18.3 Å². The Balaban J connectivity index is 1.95. The van der Waals surface area contributed by atoms with Gasteiger partial charge in [-0.3, -0.25) is 9.36 Å². The summed E-state index contributed by atoms with van der Waals surface area (Å²) in [6, 6.07) is 0.508. The summed E-state index contributed by atoms with van der Waals surface area (Å²) >= 11 is 0. The molecule has 2 N–H and O–H groups in total. The Labute approximate surface area is 154 Å². The highest BCUT2D eigenvalue weighted by Gasteiger charge is 2.35. The zero-order chi connectivity index (χ0) is 20.4. The van der Waals surface area contributed by atoms with Crippen LogP contribution in [0.3, 0.4) is 0 Å². The van der Waals surface area contributed by atoms with Gasteiger partial charge in [-0.25, -0.2) is 4.79 Å². The number of carbonyl (C=O) groups is 1. The molecule has 2 aromatic rings. The van der Waals surface area contributed by atoms with Gasteiger partial charge in [-0.1, -0.05) is 6.92 Å². The molecule has 0 bridgehead atoms. The van der Waals surface area contributed by atoms with E-state index in [-0.39, 0.29) is 24.9 Å². The van der Waals surface area contributed by atoms with Crippen LogP contribution in [0.25, 0.3) is 0 Å². The molecule has 0 unspecified atom stereocenters. The van der Waals surface area contributed by atoms with E-state index in [0.717, 1.165) is 10.7 Å². The lowest BCUT2D eigenvalue weighted by atomic mass is 10.2.